The minimum Gasteiger partial charge on any atom is -0.383 e. The summed E-state index contributed by atoms with van der Waals surface area (Å²) in [5.41, 5.74) is 0.997. The number of nitrogens with one attached hydrogen (secondary N) is 1. The number of methoxy groups -OCH3 is 1. The first-order valence-electron chi connectivity index (χ1n) is 9.55. The molecule has 8 nitrogen and oxygen atoms in total. The number of piperazine rings is 1. The molecule has 0 saturated carbocycles. The van der Waals surface area contributed by atoms with Crippen molar-refractivity contribution in [2.45, 2.75) is 19.9 Å². The maximum absolute atomic E-state index is 5.11. The molecule has 1 N–H and O–H groups in total. The summed E-state index contributed by atoms with van der Waals surface area (Å²) < 4.78 is 10.0. The van der Waals surface area contributed by atoms with Gasteiger partial charge in [0.15, 0.2) is 5.96 Å². The van der Waals surface area contributed by atoms with Crippen molar-refractivity contribution in [1.29, 1.82) is 0 Å². The predicted octanol–water partition coefficient (Wildman–Crippen LogP) is 0.726. The van der Waals surface area contributed by atoms with Gasteiger partial charge in [0, 0.05) is 65.5 Å². The fourth-order valence-corrected chi connectivity index (χ4v) is 2.98. The number of hydrogen-bond acceptors (Lipinski definition) is 6. The van der Waals surface area contributed by atoms with E-state index in [1.165, 1.54) is 0 Å². The minimum atomic E-state index is 0.779. The van der Waals surface area contributed by atoms with E-state index < -0.39 is 0 Å². The SMILES string of the molecule is CCNC(=NCCCN(C)CCOC)N1CCN(Cc2ccon2)CC1. The van der Waals surface area contributed by atoms with E-state index in [9.17, 15) is 0 Å². The van der Waals surface area contributed by atoms with E-state index in [-0.39, 0.29) is 0 Å². The number of hydrogen-bond donors (Lipinski definition) is 1. The predicted molar refractivity (Wildman–Crippen MR) is 103 cm³/mol. The highest BCUT2D eigenvalue weighted by atomic mass is 16.5. The number of aromatic nitrogens is 1. The molecule has 1 aromatic heterocycles. The van der Waals surface area contributed by atoms with Crippen LogP contribution in [0.4, 0.5) is 0 Å². The number of guanidine groups is 1. The summed E-state index contributed by atoms with van der Waals surface area (Å²) in [5, 5.41) is 7.43. The molecule has 1 aromatic rings. The molecule has 0 atom stereocenters. The standard InChI is InChI=1S/C18H34N6O2/c1-4-19-18(20-7-5-8-22(2)13-15-25-3)24-11-9-23(10-12-24)16-17-6-14-26-21-17/h6,14H,4-5,7-13,15-16H2,1-3H3,(H,19,20). The maximum atomic E-state index is 5.11. The van der Waals surface area contributed by atoms with E-state index in [4.69, 9.17) is 14.3 Å². The molecule has 0 unspecified atom stereocenters. The molecular weight excluding hydrogens is 332 g/mol. The molecule has 0 spiro atoms. The summed E-state index contributed by atoms with van der Waals surface area (Å²) in [7, 11) is 3.87. The van der Waals surface area contributed by atoms with Crippen LogP contribution in [0.2, 0.25) is 0 Å². The van der Waals surface area contributed by atoms with Gasteiger partial charge in [-0.3, -0.25) is 9.89 Å². The van der Waals surface area contributed by atoms with E-state index in [1.807, 2.05) is 6.07 Å². The minimum absolute atomic E-state index is 0.779. The van der Waals surface area contributed by atoms with Crippen LogP contribution in [0.15, 0.2) is 21.8 Å². The summed E-state index contributed by atoms with van der Waals surface area (Å²) in [5.74, 6) is 1.04. The Bertz CT molecular complexity index is 500. The summed E-state index contributed by atoms with van der Waals surface area (Å²) in [4.78, 5) is 11.9. The molecule has 1 saturated heterocycles. The van der Waals surface area contributed by atoms with Gasteiger partial charge in [0.1, 0.15) is 6.26 Å². The lowest BCUT2D eigenvalue weighted by atomic mass is 10.3. The molecule has 148 valence electrons. The molecule has 0 bridgehead atoms. The Kier molecular flexibility index (Phi) is 9.44. The Morgan fingerprint density at radius 2 is 2.15 bits per heavy atom. The van der Waals surface area contributed by atoms with E-state index >= 15 is 0 Å². The molecule has 1 aliphatic heterocycles. The van der Waals surface area contributed by atoms with Crippen LogP contribution in [-0.2, 0) is 11.3 Å². The third-order valence-corrected chi connectivity index (χ3v) is 4.52. The molecule has 0 aromatic carbocycles. The van der Waals surface area contributed by atoms with Gasteiger partial charge in [-0.05, 0) is 26.9 Å². The van der Waals surface area contributed by atoms with Crippen molar-refractivity contribution in [3.63, 3.8) is 0 Å². The zero-order valence-corrected chi connectivity index (χ0v) is 16.5. The van der Waals surface area contributed by atoms with Gasteiger partial charge in [-0.1, -0.05) is 5.16 Å². The zero-order chi connectivity index (χ0) is 18.6. The highest BCUT2D eigenvalue weighted by molar-refractivity contribution is 5.80. The van der Waals surface area contributed by atoms with Crippen molar-refractivity contribution in [2.75, 3.05) is 73.1 Å². The Morgan fingerprint density at radius 1 is 1.35 bits per heavy atom. The summed E-state index contributed by atoms with van der Waals surface area (Å²) in [6.45, 7) is 11.5. The van der Waals surface area contributed by atoms with Crippen LogP contribution < -0.4 is 5.32 Å². The Morgan fingerprint density at radius 3 is 2.81 bits per heavy atom. The maximum Gasteiger partial charge on any atom is 0.194 e. The number of aliphatic imine (C=N–C) groups is 1. The topological polar surface area (TPSA) is 69.4 Å². The first kappa shape index (κ1) is 20.7. The molecule has 0 radical (unpaired) electrons. The Labute approximate surface area is 157 Å². The van der Waals surface area contributed by atoms with E-state index in [0.717, 1.165) is 83.6 Å². The third kappa shape index (κ3) is 7.31. The van der Waals surface area contributed by atoms with Gasteiger partial charge in [-0.25, -0.2) is 0 Å². The van der Waals surface area contributed by atoms with Crippen LogP contribution in [-0.4, -0.2) is 98.9 Å². The number of likely N-dealkylation sites (N-methyl/N-ethyl adjacent to an activating group) is 1. The van der Waals surface area contributed by atoms with Crippen molar-refractivity contribution < 1.29 is 9.26 Å². The van der Waals surface area contributed by atoms with Gasteiger partial charge in [-0.15, -0.1) is 0 Å². The first-order valence-corrected chi connectivity index (χ1v) is 9.55. The normalized spacial score (nSPS) is 16.5. The van der Waals surface area contributed by atoms with Crippen molar-refractivity contribution in [1.82, 2.24) is 25.2 Å². The molecule has 1 fully saturated rings. The Balaban J connectivity index is 1.72. The zero-order valence-electron chi connectivity index (χ0n) is 16.5. The largest absolute Gasteiger partial charge is 0.383 e. The summed E-state index contributed by atoms with van der Waals surface area (Å²) >= 11 is 0. The van der Waals surface area contributed by atoms with Crippen LogP contribution in [0.3, 0.4) is 0 Å². The lowest BCUT2D eigenvalue weighted by Gasteiger charge is -2.36. The quantitative estimate of drug-likeness (QED) is 0.372. The van der Waals surface area contributed by atoms with Gasteiger partial charge in [0.2, 0.25) is 0 Å². The molecule has 1 aliphatic rings. The highest BCUT2D eigenvalue weighted by Crippen LogP contribution is 2.07. The number of ether oxygens (including phenoxy) is 1. The van der Waals surface area contributed by atoms with Crippen LogP contribution in [0, 0.1) is 0 Å². The molecular formula is C18H34N6O2. The van der Waals surface area contributed by atoms with Crippen LogP contribution >= 0.6 is 0 Å². The third-order valence-electron chi connectivity index (χ3n) is 4.52. The van der Waals surface area contributed by atoms with Crippen molar-refractivity contribution in [2.24, 2.45) is 4.99 Å². The molecule has 0 aliphatic carbocycles. The number of rotatable bonds is 10. The van der Waals surface area contributed by atoms with Crippen molar-refractivity contribution in [3.8, 4) is 0 Å². The van der Waals surface area contributed by atoms with E-state index in [0.29, 0.717) is 0 Å². The molecule has 8 heteroatoms. The Hall–Kier alpha value is -1.64. The van der Waals surface area contributed by atoms with Gasteiger partial charge in [0.05, 0.1) is 12.3 Å². The fraction of sp³-hybridized carbons (Fsp3) is 0.778. The fourth-order valence-electron chi connectivity index (χ4n) is 2.98. The van der Waals surface area contributed by atoms with Gasteiger partial charge >= 0.3 is 0 Å². The van der Waals surface area contributed by atoms with Crippen LogP contribution in [0.25, 0.3) is 0 Å². The average Bonchev–Trinajstić information content (AvgIpc) is 3.16. The second-order valence-corrected chi connectivity index (χ2v) is 6.64. The number of nitrogens with zero attached hydrogens (tertiary/aromatic N) is 5. The molecule has 2 heterocycles. The van der Waals surface area contributed by atoms with Crippen molar-refractivity contribution in [3.05, 3.63) is 18.0 Å². The second-order valence-electron chi connectivity index (χ2n) is 6.64. The van der Waals surface area contributed by atoms with E-state index in [2.05, 4.69) is 39.1 Å². The smallest absolute Gasteiger partial charge is 0.194 e. The lowest BCUT2D eigenvalue weighted by molar-refractivity contribution is 0.161. The average molecular weight is 367 g/mol. The van der Waals surface area contributed by atoms with E-state index in [1.54, 1.807) is 13.4 Å². The first-order chi connectivity index (χ1) is 12.7. The summed E-state index contributed by atoms with van der Waals surface area (Å²) in [6, 6.07) is 1.93. The van der Waals surface area contributed by atoms with Crippen LogP contribution in [0.1, 0.15) is 19.0 Å². The highest BCUT2D eigenvalue weighted by Gasteiger charge is 2.20. The van der Waals surface area contributed by atoms with Gasteiger partial charge < -0.3 is 24.4 Å². The molecule has 26 heavy (non-hydrogen) atoms. The van der Waals surface area contributed by atoms with Crippen molar-refractivity contribution >= 4 is 5.96 Å². The summed E-state index contributed by atoms with van der Waals surface area (Å²) in [6.07, 6.45) is 2.69. The second kappa shape index (κ2) is 11.9. The van der Waals surface area contributed by atoms with Gasteiger partial charge in [-0.2, -0.15) is 0 Å². The van der Waals surface area contributed by atoms with Gasteiger partial charge in [0.25, 0.3) is 0 Å². The lowest BCUT2D eigenvalue weighted by Crippen LogP contribution is -2.52. The molecule has 0 amide bonds. The monoisotopic (exact) mass is 366 g/mol. The van der Waals surface area contributed by atoms with Crippen LogP contribution in [0.5, 0.6) is 0 Å². The molecule has 2 rings (SSSR count).